The predicted octanol–water partition coefficient (Wildman–Crippen LogP) is 2.99. The molecule has 2 aromatic carbocycles. The van der Waals surface area contributed by atoms with Gasteiger partial charge in [0, 0.05) is 11.1 Å². The lowest BCUT2D eigenvalue weighted by atomic mass is 10.3. The summed E-state index contributed by atoms with van der Waals surface area (Å²) in [6.07, 6.45) is 0. The molecule has 0 aliphatic rings. The van der Waals surface area contributed by atoms with Gasteiger partial charge in [-0.25, -0.2) is 12.8 Å². The molecule has 0 aromatic heterocycles. The van der Waals surface area contributed by atoms with E-state index in [9.17, 15) is 12.8 Å². The first-order valence-corrected chi connectivity index (χ1v) is 7.01. The first kappa shape index (κ1) is 13.6. The van der Waals surface area contributed by atoms with Crippen molar-refractivity contribution in [2.24, 2.45) is 0 Å². The predicted molar refractivity (Wildman–Crippen MR) is 70.3 cm³/mol. The highest BCUT2D eigenvalue weighted by atomic mass is 35.5. The van der Waals surface area contributed by atoms with Crippen LogP contribution in [-0.2, 0) is 10.0 Å². The van der Waals surface area contributed by atoms with Crippen molar-refractivity contribution in [1.82, 2.24) is 0 Å². The van der Waals surface area contributed by atoms with E-state index < -0.39 is 21.6 Å². The summed E-state index contributed by atoms with van der Waals surface area (Å²) < 4.78 is 39.2. The molecule has 0 aliphatic heterocycles. The summed E-state index contributed by atoms with van der Waals surface area (Å²) in [5.41, 5.74) is 0.0188. The molecule has 0 unspecified atom stereocenters. The van der Waals surface area contributed by atoms with E-state index in [4.69, 9.17) is 16.7 Å². The van der Waals surface area contributed by atoms with E-state index in [1.165, 1.54) is 30.3 Å². The average Bonchev–Trinajstić information content (AvgIpc) is 2.34. The Balaban J connectivity index is 2.30. The fourth-order valence-electron chi connectivity index (χ4n) is 1.40. The summed E-state index contributed by atoms with van der Waals surface area (Å²) in [5.74, 6) is -1.45. The lowest BCUT2D eigenvalue weighted by Gasteiger charge is -2.08. The molecule has 0 bridgehead atoms. The van der Waals surface area contributed by atoms with Gasteiger partial charge < -0.3 is 5.11 Å². The van der Waals surface area contributed by atoms with Crippen LogP contribution in [0.2, 0.25) is 5.02 Å². The number of phenolic OH excluding ortho intramolecular Hbond substituents is 1. The zero-order valence-corrected chi connectivity index (χ0v) is 11.0. The minimum absolute atomic E-state index is 0.00498. The van der Waals surface area contributed by atoms with Gasteiger partial charge in [0.2, 0.25) is 0 Å². The van der Waals surface area contributed by atoms with Crippen molar-refractivity contribution >= 4 is 27.3 Å². The van der Waals surface area contributed by atoms with Crippen LogP contribution in [0.5, 0.6) is 5.75 Å². The number of halogens is 2. The van der Waals surface area contributed by atoms with E-state index >= 15 is 0 Å². The normalized spacial score (nSPS) is 11.3. The lowest BCUT2D eigenvalue weighted by Crippen LogP contribution is -2.12. The Morgan fingerprint density at radius 1 is 1.11 bits per heavy atom. The molecule has 0 aliphatic carbocycles. The number of aromatic hydroxyl groups is 1. The summed E-state index contributed by atoms with van der Waals surface area (Å²) in [7, 11) is -3.82. The molecule has 2 aromatic rings. The smallest absolute Gasteiger partial charge is 0.261 e. The van der Waals surface area contributed by atoms with Gasteiger partial charge in [-0.3, -0.25) is 4.72 Å². The van der Waals surface area contributed by atoms with Crippen molar-refractivity contribution in [3.63, 3.8) is 0 Å². The lowest BCUT2D eigenvalue weighted by molar-refractivity contribution is 0.432. The van der Waals surface area contributed by atoms with Gasteiger partial charge in [0.1, 0.15) is 0 Å². The second-order valence-corrected chi connectivity index (χ2v) is 5.84. The maximum Gasteiger partial charge on any atom is 0.261 e. The molecular weight excluding hydrogens is 293 g/mol. The van der Waals surface area contributed by atoms with Crippen LogP contribution < -0.4 is 4.72 Å². The second kappa shape index (κ2) is 5.07. The summed E-state index contributed by atoms with van der Waals surface area (Å²) in [6.45, 7) is 0. The Kier molecular flexibility index (Phi) is 3.64. The van der Waals surface area contributed by atoms with Gasteiger partial charge in [0.15, 0.2) is 11.6 Å². The maximum absolute atomic E-state index is 13.1. The Bertz CT molecular complexity index is 701. The third kappa shape index (κ3) is 3.15. The van der Waals surface area contributed by atoms with Crippen LogP contribution in [0.15, 0.2) is 47.4 Å². The van der Waals surface area contributed by atoms with Crippen LogP contribution in [0.25, 0.3) is 0 Å². The van der Waals surface area contributed by atoms with Crippen LogP contribution >= 0.6 is 11.6 Å². The highest BCUT2D eigenvalue weighted by Crippen LogP contribution is 2.22. The molecule has 2 rings (SSSR count). The largest absolute Gasteiger partial charge is 0.505 e. The summed E-state index contributed by atoms with van der Waals surface area (Å²) in [4.78, 5) is 0.00498. The average molecular weight is 302 g/mol. The van der Waals surface area contributed by atoms with Crippen LogP contribution in [0, 0.1) is 5.82 Å². The SMILES string of the molecule is O=S(=O)(Nc1ccc(O)c(F)c1)c1ccc(Cl)cc1. The molecule has 0 atom stereocenters. The Hall–Kier alpha value is -1.79. The molecule has 0 fully saturated rings. The fraction of sp³-hybridized carbons (Fsp3) is 0. The van der Waals surface area contributed by atoms with Gasteiger partial charge in [0.05, 0.1) is 10.6 Å². The first-order valence-electron chi connectivity index (χ1n) is 5.15. The second-order valence-electron chi connectivity index (χ2n) is 3.73. The van der Waals surface area contributed by atoms with Crippen molar-refractivity contribution in [3.05, 3.63) is 53.3 Å². The van der Waals surface area contributed by atoms with Crippen molar-refractivity contribution in [2.75, 3.05) is 4.72 Å². The monoisotopic (exact) mass is 301 g/mol. The highest BCUT2D eigenvalue weighted by Gasteiger charge is 2.14. The van der Waals surface area contributed by atoms with Crippen LogP contribution in [0.3, 0.4) is 0 Å². The number of sulfonamides is 1. The summed E-state index contributed by atoms with van der Waals surface area (Å²) in [5, 5.41) is 9.43. The van der Waals surface area contributed by atoms with Crippen molar-refractivity contribution in [1.29, 1.82) is 0 Å². The molecule has 0 amide bonds. The number of rotatable bonds is 3. The number of nitrogens with one attached hydrogen (secondary N) is 1. The molecule has 19 heavy (non-hydrogen) atoms. The minimum Gasteiger partial charge on any atom is -0.505 e. The summed E-state index contributed by atoms with van der Waals surface area (Å²) in [6, 6.07) is 8.76. The number of hydrogen-bond acceptors (Lipinski definition) is 3. The highest BCUT2D eigenvalue weighted by molar-refractivity contribution is 7.92. The molecule has 4 nitrogen and oxygen atoms in total. The molecule has 0 saturated heterocycles. The molecule has 0 heterocycles. The minimum atomic E-state index is -3.82. The van der Waals surface area contributed by atoms with E-state index in [1.54, 1.807) is 0 Å². The Morgan fingerprint density at radius 3 is 2.32 bits per heavy atom. The molecule has 0 radical (unpaired) electrons. The number of anilines is 1. The number of phenols is 1. The zero-order valence-electron chi connectivity index (χ0n) is 9.47. The number of hydrogen-bond donors (Lipinski definition) is 2. The topological polar surface area (TPSA) is 66.4 Å². The number of benzene rings is 2. The van der Waals surface area contributed by atoms with Gasteiger partial charge in [-0.15, -0.1) is 0 Å². The van der Waals surface area contributed by atoms with E-state index in [1.807, 2.05) is 0 Å². The van der Waals surface area contributed by atoms with Gasteiger partial charge in [0.25, 0.3) is 10.0 Å². The standard InChI is InChI=1S/C12H9ClFNO3S/c13-8-1-4-10(5-2-8)19(17,18)15-9-3-6-12(16)11(14)7-9/h1-7,15-16H. The fourth-order valence-corrected chi connectivity index (χ4v) is 2.57. The Labute approximate surface area is 114 Å². The van der Waals surface area contributed by atoms with Gasteiger partial charge in [-0.1, -0.05) is 11.6 Å². The van der Waals surface area contributed by atoms with E-state index in [0.717, 1.165) is 12.1 Å². The molecule has 100 valence electrons. The van der Waals surface area contributed by atoms with Crippen LogP contribution in [-0.4, -0.2) is 13.5 Å². The summed E-state index contributed by atoms with van der Waals surface area (Å²) >= 11 is 5.67. The zero-order chi connectivity index (χ0) is 14.0. The van der Waals surface area contributed by atoms with Gasteiger partial charge in [-0.05, 0) is 36.4 Å². The molecule has 2 N–H and O–H groups in total. The van der Waals surface area contributed by atoms with E-state index in [-0.39, 0.29) is 10.6 Å². The van der Waals surface area contributed by atoms with Crippen molar-refractivity contribution < 1.29 is 17.9 Å². The van der Waals surface area contributed by atoms with Gasteiger partial charge in [-0.2, -0.15) is 0 Å². The van der Waals surface area contributed by atoms with E-state index in [0.29, 0.717) is 5.02 Å². The maximum atomic E-state index is 13.1. The molecule has 0 spiro atoms. The third-order valence-corrected chi connectivity index (χ3v) is 3.97. The van der Waals surface area contributed by atoms with Gasteiger partial charge >= 0.3 is 0 Å². The Morgan fingerprint density at radius 2 is 1.74 bits per heavy atom. The van der Waals surface area contributed by atoms with Crippen LogP contribution in [0.4, 0.5) is 10.1 Å². The molecule has 0 saturated carbocycles. The quantitative estimate of drug-likeness (QED) is 0.857. The van der Waals surface area contributed by atoms with Crippen molar-refractivity contribution in [3.8, 4) is 5.75 Å². The van der Waals surface area contributed by atoms with E-state index in [2.05, 4.69) is 4.72 Å². The third-order valence-electron chi connectivity index (χ3n) is 2.32. The van der Waals surface area contributed by atoms with Crippen LogP contribution in [0.1, 0.15) is 0 Å². The first-order chi connectivity index (χ1) is 8.88. The molecule has 7 heteroatoms. The van der Waals surface area contributed by atoms with Crippen molar-refractivity contribution in [2.45, 2.75) is 4.90 Å². The molecular formula is C12H9ClFNO3S.